The van der Waals surface area contributed by atoms with Gasteiger partial charge in [-0.2, -0.15) is 0 Å². The number of nitrogens with one attached hydrogen (secondary N) is 1. The molecular weight excluding hydrogens is 445 g/mol. The number of likely N-dealkylation sites (N-methyl/N-ethyl adjacent to an activating group) is 1. The maximum Gasteiger partial charge on any atom is 0.255 e. The monoisotopic (exact) mass is 475 g/mol. The summed E-state index contributed by atoms with van der Waals surface area (Å²) in [4.78, 5) is 31.1. The number of nitrogens with zero attached hydrogens (tertiary/aromatic N) is 2. The number of amides is 2. The normalized spacial score (nSPS) is 17.3. The fourth-order valence-corrected chi connectivity index (χ4v) is 4.52. The van der Waals surface area contributed by atoms with Crippen molar-refractivity contribution >= 4 is 11.8 Å². The Kier molecular flexibility index (Phi) is 7.46. The number of carbonyl (C=O) groups excluding carboxylic acids is 2. The number of ether oxygens (including phenoxy) is 1. The summed E-state index contributed by atoms with van der Waals surface area (Å²) in [6, 6.07) is 20.3. The third-order valence-electron chi connectivity index (χ3n) is 6.30. The van der Waals surface area contributed by atoms with Crippen molar-refractivity contribution in [2.24, 2.45) is 0 Å². The van der Waals surface area contributed by atoms with Crippen LogP contribution in [0.5, 0.6) is 5.75 Å². The van der Waals surface area contributed by atoms with Gasteiger partial charge in [-0.1, -0.05) is 42.5 Å². The van der Waals surface area contributed by atoms with E-state index < -0.39 is 12.0 Å². The van der Waals surface area contributed by atoms with Gasteiger partial charge in [0.1, 0.15) is 11.6 Å². The van der Waals surface area contributed by atoms with E-state index in [1.54, 1.807) is 30.2 Å². The molecule has 0 aromatic heterocycles. The van der Waals surface area contributed by atoms with Gasteiger partial charge in [0.05, 0.1) is 19.1 Å². The van der Waals surface area contributed by atoms with Gasteiger partial charge in [0.15, 0.2) is 0 Å². The van der Waals surface area contributed by atoms with Gasteiger partial charge in [-0.05, 0) is 61.1 Å². The van der Waals surface area contributed by atoms with Gasteiger partial charge in [-0.3, -0.25) is 9.59 Å². The molecule has 3 aromatic carbocycles. The number of hydrogen-bond acceptors (Lipinski definition) is 4. The Hall–Kier alpha value is -3.71. The van der Waals surface area contributed by atoms with Crippen molar-refractivity contribution in [2.45, 2.75) is 18.5 Å². The number of carbonyl (C=O) groups is 2. The summed E-state index contributed by atoms with van der Waals surface area (Å²) in [5, 5.41) is 3.06. The van der Waals surface area contributed by atoms with Gasteiger partial charge in [-0.25, -0.2) is 4.39 Å². The molecule has 0 unspecified atom stereocenters. The number of methoxy groups -OCH3 is 1. The molecule has 1 heterocycles. The lowest BCUT2D eigenvalue weighted by molar-refractivity contribution is -0.124. The highest BCUT2D eigenvalue weighted by Crippen LogP contribution is 2.43. The molecule has 1 aliphatic heterocycles. The molecule has 0 aliphatic carbocycles. The Bertz CT molecular complexity index is 1180. The molecule has 1 N–H and O–H groups in total. The lowest BCUT2D eigenvalue weighted by atomic mass is 9.79. The van der Waals surface area contributed by atoms with E-state index in [4.69, 9.17) is 4.74 Å². The van der Waals surface area contributed by atoms with Gasteiger partial charge < -0.3 is 19.9 Å². The topological polar surface area (TPSA) is 61.9 Å². The highest BCUT2D eigenvalue weighted by Gasteiger charge is 2.44. The van der Waals surface area contributed by atoms with E-state index in [0.717, 1.165) is 11.1 Å². The minimum absolute atomic E-state index is 0.142. The lowest BCUT2D eigenvalue weighted by Gasteiger charge is -2.42. The number of rotatable bonds is 8. The van der Waals surface area contributed by atoms with Crippen molar-refractivity contribution in [2.75, 3.05) is 34.3 Å². The molecule has 0 radical (unpaired) electrons. The minimum Gasteiger partial charge on any atom is -0.497 e. The maximum atomic E-state index is 13.8. The van der Waals surface area contributed by atoms with Crippen LogP contribution in [0, 0.1) is 5.82 Å². The molecule has 0 spiro atoms. The fraction of sp³-hybridized carbons (Fsp3) is 0.286. The number of benzene rings is 3. The number of halogens is 1. The average molecular weight is 476 g/mol. The van der Waals surface area contributed by atoms with Crippen molar-refractivity contribution in [3.05, 3.63) is 101 Å². The predicted molar refractivity (Wildman–Crippen MR) is 133 cm³/mol. The van der Waals surface area contributed by atoms with Gasteiger partial charge in [0, 0.05) is 25.2 Å². The predicted octanol–water partition coefficient (Wildman–Crippen LogP) is 3.99. The second-order valence-corrected chi connectivity index (χ2v) is 8.94. The van der Waals surface area contributed by atoms with Crippen molar-refractivity contribution < 1.29 is 18.7 Å². The molecule has 2 atom stereocenters. The van der Waals surface area contributed by atoms with Crippen molar-refractivity contribution in [3.8, 4) is 5.75 Å². The number of hydrogen-bond donors (Lipinski definition) is 1. The van der Waals surface area contributed by atoms with E-state index in [9.17, 15) is 14.0 Å². The van der Waals surface area contributed by atoms with Crippen LogP contribution in [0.4, 0.5) is 4.39 Å². The molecule has 0 bridgehead atoms. The second-order valence-electron chi connectivity index (χ2n) is 8.94. The van der Waals surface area contributed by atoms with Gasteiger partial charge in [-0.15, -0.1) is 0 Å². The smallest absolute Gasteiger partial charge is 0.255 e. The minimum atomic E-state index is -0.611. The van der Waals surface area contributed by atoms with E-state index in [-0.39, 0.29) is 24.2 Å². The first-order valence-electron chi connectivity index (χ1n) is 11.6. The highest BCUT2D eigenvalue weighted by molar-refractivity contribution is 6.01. The molecule has 0 fully saturated rings. The Morgan fingerprint density at radius 2 is 1.71 bits per heavy atom. The molecule has 6 nitrogen and oxygen atoms in total. The van der Waals surface area contributed by atoms with Crippen LogP contribution in [0.2, 0.25) is 0 Å². The average Bonchev–Trinajstić information content (AvgIpc) is 2.86. The molecule has 0 saturated heterocycles. The van der Waals surface area contributed by atoms with E-state index in [2.05, 4.69) is 5.32 Å². The Balaban J connectivity index is 1.80. The SMILES string of the molecule is COc1ccc([C@@H]2[C@H](C(=O)NCCN(C)C)c3ccccc3C(=O)N2Cc2ccc(F)cc2)cc1. The molecule has 7 heteroatoms. The largest absolute Gasteiger partial charge is 0.497 e. The van der Waals surface area contributed by atoms with E-state index in [0.29, 0.717) is 30.0 Å². The molecule has 0 saturated carbocycles. The lowest BCUT2D eigenvalue weighted by Crippen LogP contribution is -2.47. The zero-order valence-electron chi connectivity index (χ0n) is 20.2. The first kappa shape index (κ1) is 24.4. The van der Waals surface area contributed by atoms with Crippen LogP contribution < -0.4 is 10.1 Å². The Labute approximate surface area is 205 Å². The fourth-order valence-electron chi connectivity index (χ4n) is 4.52. The molecule has 1 aliphatic rings. The summed E-state index contributed by atoms with van der Waals surface area (Å²) in [7, 11) is 5.49. The van der Waals surface area contributed by atoms with Crippen LogP contribution in [-0.4, -0.2) is 55.9 Å². The zero-order chi connectivity index (χ0) is 24.9. The first-order valence-corrected chi connectivity index (χ1v) is 11.6. The number of fused-ring (bicyclic) bond motifs is 1. The third kappa shape index (κ3) is 5.35. The molecule has 35 heavy (non-hydrogen) atoms. The van der Waals surface area contributed by atoms with Crippen LogP contribution in [0.1, 0.15) is 39.0 Å². The summed E-state index contributed by atoms with van der Waals surface area (Å²) in [5.41, 5.74) is 2.82. The van der Waals surface area contributed by atoms with Gasteiger partial charge in [0.25, 0.3) is 5.91 Å². The summed E-state index contributed by atoms with van der Waals surface area (Å²) >= 11 is 0. The van der Waals surface area contributed by atoms with E-state index in [1.807, 2.05) is 61.5 Å². The van der Waals surface area contributed by atoms with Crippen LogP contribution >= 0.6 is 0 Å². The molecule has 182 valence electrons. The Morgan fingerprint density at radius 3 is 2.37 bits per heavy atom. The van der Waals surface area contributed by atoms with Crippen molar-refractivity contribution in [3.63, 3.8) is 0 Å². The molecule has 2 amide bonds. The Morgan fingerprint density at radius 1 is 1.03 bits per heavy atom. The summed E-state index contributed by atoms with van der Waals surface area (Å²) in [5.74, 6) is -0.568. The zero-order valence-corrected chi connectivity index (χ0v) is 20.2. The van der Waals surface area contributed by atoms with E-state index >= 15 is 0 Å². The van der Waals surface area contributed by atoms with Crippen molar-refractivity contribution in [1.82, 2.24) is 15.1 Å². The van der Waals surface area contributed by atoms with E-state index in [1.165, 1.54) is 12.1 Å². The quantitative estimate of drug-likeness (QED) is 0.535. The van der Waals surface area contributed by atoms with Gasteiger partial charge >= 0.3 is 0 Å². The molecule has 4 rings (SSSR count). The highest BCUT2D eigenvalue weighted by atomic mass is 19.1. The molecular formula is C28H30FN3O3. The third-order valence-corrected chi connectivity index (χ3v) is 6.30. The van der Waals surface area contributed by atoms with Gasteiger partial charge in [0.2, 0.25) is 5.91 Å². The van der Waals surface area contributed by atoms with Crippen LogP contribution in [0.25, 0.3) is 0 Å². The van der Waals surface area contributed by atoms with Crippen LogP contribution in [0.3, 0.4) is 0 Å². The second kappa shape index (κ2) is 10.7. The maximum absolute atomic E-state index is 13.8. The summed E-state index contributed by atoms with van der Waals surface area (Å²) in [6.45, 7) is 1.43. The molecule has 3 aromatic rings. The van der Waals surface area contributed by atoms with Crippen LogP contribution in [0.15, 0.2) is 72.8 Å². The van der Waals surface area contributed by atoms with Crippen molar-refractivity contribution in [1.29, 1.82) is 0 Å². The van der Waals surface area contributed by atoms with Crippen LogP contribution in [-0.2, 0) is 11.3 Å². The first-order chi connectivity index (χ1) is 16.9. The standard InChI is InChI=1S/C28H30FN3O3/c1-31(2)17-16-30-27(33)25-23-6-4-5-7-24(23)28(34)32(18-19-8-12-21(29)13-9-19)26(25)20-10-14-22(35-3)15-11-20/h4-15,25-26H,16-18H2,1-3H3,(H,30,33)/t25-,26-/m1/s1. The summed E-state index contributed by atoms with van der Waals surface area (Å²) < 4.78 is 18.9. The summed E-state index contributed by atoms with van der Waals surface area (Å²) in [6.07, 6.45) is 0.